The molecule has 0 N–H and O–H groups in total. The van der Waals surface area contributed by atoms with Crippen molar-refractivity contribution in [1.29, 1.82) is 0 Å². The van der Waals surface area contributed by atoms with Gasteiger partial charge in [0.05, 0.1) is 11.7 Å². The number of aryl methyl sites for hydroxylation is 1. The van der Waals surface area contributed by atoms with Crippen LogP contribution in [0.1, 0.15) is 60.1 Å². The van der Waals surface area contributed by atoms with Gasteiger partial charge >= 0.3 is 0 Å². The van der Waals surface area contributed by atoms with Crippen LogP contribution < -0.4 is 4.74 Å². The van der Waals surface area contributed by atoms with Gasteiger partial charge < -0.3 is 14.2 Å². The van der Waals surface area contributed by atoms with E-state index < -0.39 is 0 Å². The van der Waals surface area contributed by atoms with Gasteiger partial charge in [0.1, 0.15) is 5.75 Å². The molecule has 1 aliphatic heterocycles. The molecule has 2 heterocycles. The number of likely N-dealkylation sites (tertiary alicyclic amines) is 1. The van der Waals surface area contributed by atoms with Gasteiger partial charge in [0, 0.05) is 25.9 Å². The van der Waals surface area contributed by atoms with E-state index in [1.54, 1.807) is 6.92 Å². The van der Waals surface area contributed by atoms with Crippen molar-refractivity contribution in [3.63, 3.8) is 0 Å². The summed E-state index contributed by atoms with van der Waals surface area (Å²) in [6.07, 6.45) is 5.53. The highest BCUT2D eigenvalue weighted by Gasteiger charge is 2.30. The number of nitrogens with zero attached hydrogens (tertiary/aromatic N) is 3. The number of benzene rings is 1. The summed E-state index contributed by atoms with van der Waals surface area (Å²) in [7, 11) is 0. The molecule has 2 aliphatic rings. The third-order valence-electron chi connectivity index (χ3n) is 5.08. The zero-order chi connectivity index (χ0) is 17.2. The maximum absolute atomic E-state index is 13.1. The molecular formula is C19H23N3O3. The Labute approximate surface area is 147 Å². The SMILES string of the molecule is Cc1nc(C2CCCN(C(=O)c3ccccc3OC3CCC3)C2)no1. The van der Waals surface area contributed by atoms with E-state index >= 15 is 0 Å². The van der Waals surface area contributed by atoms with Crippen LogP contribution in [-0.4, -0.2) is 40.1 Å². The summed E-state index contributed by atoms with van der Waals surface area (Å²) in [4.78, 5) is 19.3. The zero-order valence-electron chi connectivity index (χ0n) is 14.5. The van der Waals surface area contributed by atoms with Crippen LogP contribution >= 0.6 is 0 Å². The number of para-hydroxylation sites is 1. The normalized spacial score (nSPS) is 21.0. The van der Waals surface area contributed by atoms with Crippen LogP contribution in [-0.2, 0) is 0 Å². The van der Waals surface area contributed by atoms with Crippen LogP contribution in [0.2, 0.25) is 0 Å². The van der Waals surface area contributed by atoms with Gasteiger partial charge in [-0.05, 0) is 44.2 Å². The lowest BCUT2D eigenvalue weighted by Gasteiger charge is -2.32. The Bertz CT molecular complexity index is 754. The minimum atomic E-state index is 0.0276. The second kappa shape index (κ2) is 6.86. The largest absolute Gasteiger partial charge is 0.490 e. The summed E-state index contributed by atoms with van der Waals surface area (Å²) in [5, 5.41) is 4.03. The van der Waals surface area contributed by atoms with E-state index in [1.807, 2.05) is 29.2 Å². The van der Waals surface area contributed by atoms with Crippen LogP contribution in [0.15, 0.2) is 28.8 Å². The van der Waals surface area contributed by atoms with E-state index in [0.29, 0.717) is 29.6 Å². The summed E-state index contributed by atoms with van der Waals surface area (Å²) in [6, 6.07) is 7.57. The van der Waals surface area contributed by atoms with Crippen LogP contribution in [0, 0.1) is 6.92 Å². The summed E-state index contributed by atoms with van der Waals surface area (Å²) in [5.74, 6) is 2.14. The molecule has 1 saturated heterocycles. The minimum absolute atomic E-state index is 0.0276. The second-order valence-corrected chi connectivity index (χ2v) is 6.93. The number of hydrogen-bond acceptors (Lipinski definition) is 5. The number of piperidine rings is 1. The summed E-state index contributed by atoms with van der Waals surface area (Å²) in [5.41, 5.74) is 0.652. The molecule has 1 aromatic heterocycles. The molecule has 0 spiro atoms. The number of amides is 1. The molecule has 1 atom stereocenters. The van der Waals surface area contributed by atoms with Gasteiger partial charge in [0.25, 0.3) is 5.91 Å². The lowest BCUT2D eigenvalue weighted by molar-refractivity contribution is 0.0687. The smallest absolute Gasteiger partial charge is 0.257 e. The van der Waals surface area contributed by atoms with Gasteiger partial charge in [0.15, 0.2) is 5.82 Å². The van der Waals surface area contributed by atoms with Gasteiger partial charge in [-0.1, -0.05) is 17.3 Å². The average Bonchev–Trinajstić information content (AvgIpc) is 3.04. The molecule has 132 valence electrons. The third kappa shape index (κ3) is 3.38. The first-order chi connectivity index (χ1) is 12.2. The molecule has 1 unspecified atom stereocenters. The third-order valence-corrected chi connectivity index (χ3v) is 5.08. The number of aromatic nitrogens is 2. The highest BCUT2D eigenvalue weighted by Crippen LogP contribution is 2.30. The van der Waals surface area contributed by atoms with Gasteiger partial charge in [-0.2, -0.15) is 4.98 Å². The molecule has 4 rings (SSSR count). The van der Waals surface area contributed by atoms with E-state index in [4.69, 9.17) is 9.26 Å². The van der Waals surface area contributed by atoms with Gasteiger partial charge in [-0.15, -0.1) is 0 Å². The molecular weight excluding hydrogens is 318 g/mol. The molecule has 2 aromatic rings. The van der Waals surface area contributed by atoms with Crippen molar-refractivity contribution in [3.8, 4) is 5.75 Å². The zero-order valence-corrected chi connectivity index (χ0v) is 14.5. The molecule has 1 aliphatic carbocycles. The van der Waals surface area contributed by atoms with Crippen molar-refractivity contribution < 1.29 is 14.1 Å². The standard InChI is InChI=1S/C19H23N3O3/c1-13-20-18(21-25-13)14-6-5-11-22(12-14)19(23)16-9-2-3-10-17(16)24-15-7-4-8-15/h2-3,9-10,14-15H,4-8,11-12H2,1H3. The van der Waals surface area contributed by atoms with Crippen LogP contribution in [0.4, 0.5) is 0 Å². The van der Waals surface area contributed by atoms with Crippen molar-refractivity contribution >= 4 is 5.91 Å². The second-order valence-electron chi connectivity index (χ2n) is 6.93. The highest BCUT2D eigenvalue weighted by molar-refractivity contribution is 5.97. The summed E-state index contributed by atoms with van der Waals surface area (Å²) in [6.45, 7) is 3.16. The summed E-state index contributed by atoms with van der Waals surface area (Å²) >= 11 is 0. The average molecular weight is 341 g/mol. The maximum atomic E-state index is 13.1. The predicted molar refractivity (Wildman–Crippen MR) is 91.6 cm³/mol. The Hall–Kier alpha value is -2.37. The Balaban J connectivity index is 1.50. The number of ether oxygens (including phenoxy) is 1. The fourth-order valence-electron chi connectivity index (χ4n) is 3.44. The van der Waals surface area contributed by atoms with Gasteiger partial charge in [0.2, 0.25) is 5.89 Å². The van der Waals surface area contributed by atoms with Crippen molar-refractivity contribution in [2.75, 3.05) is 13.1 Å². The van der Waals surface area contributed by atoms with E-state index in [-0.39, 0.29) is 17.9 Å². The number of carbonyl (C=O) groups is 1. The van der Waals surface area contributed by atoms with Gasteiger partial charge in [-0.25, -0.2) is 0 Å². The molecule has 6 nitrogen and oxygen atoms in total. The Morgan fingerprint density at radius 1 is 1.24 bits per heavy atom. The quantitative estimate of drug-likeness (QED) is 0.853. The predicted octanol–water partition coefficient (Wildman–Crippen LogP) is 3.33. The Kier molecular flexibility index (Phi) is 4.42. The van der Waals surface area contributed by atoms with Crippen LogP contribution in [0.3, 0.4) is 0 Å². The number of rotatable bonds is 4. The van der Waals surface area contributed by atoms with Crippen molar-refractivity contribution in [2.45, 2.75) is 51.0 Å². The minimum Gasteiger partial charge on any atom is -0.490 e. The first-order valence-electron chi connectivity index (χ1n) is 9.06. The molecule has 25 heavy (non-hydrogen) atoms. The lowest BCUT2D eigenvalue weighted by Crippen LogP contribution is -2.39. The highest BCUT2D eigenvalue weighted by atomic mass is 16.5. The fraction of sp³-hybridized carbons (Fsp3) is 0.526. The van der Waals surface area contributed by atoms with Crippen molar-refractivity contribution in [1.82, 2.24) is 15.0 Å². The number of carbonyl (C=O) groups excluding carboxylic acids is 1. The molecule has 1 saturated carbocycles. The van der Waals surface area contributed by atoms with E-state index in [9.17, 15) is 4.79 Å². The van der Waals surface area contributed by atoms with Gasteiger partial charge in [-0.3, -0.25) is 4.79 Å². The number of hydrogen-bond donors (Lipinski definition) is 0. The van der Waals surface area contributed by atoms with Crippen molar-refractivity contribution in [3.05, 3.63) is 41.5 Å². The van der Waals surface area contributed by atoms with Crippen molar-refractivity contribution in [2.24, 2.45) is 0 Å². The lowest BCUT2D eigenvalue weighted by atomic mass is 9.95. The van der Waals surface area contributed by atoms with E-state index in [0.717, 1.165) is 32.2 Å². The maximum Gasteiger partial charge on any atom is 0.257 e. The first-order valence-corrected chi connectivity index (χ1v) is 9.06. The molecule has 6 heteroatoms. The molecule has 2 fully saturated rings. The van der Waals surface area contributed by atoms with Crippen LogP contribution in [0.5, 0.6) is 5.75 Å². The van der Waals surface area contributed by atoms with E-state index in [2.05, 4.69) is 10.1 Å². The Morgan fingerprint density at radius 2 is 2.08 bits per heavy atom. The topological polar surface area (TPSA) is 68.5 Å². The molecule has 0 bridgehead atoms. The molecule has 1 aromatic carbocycles. The summed E-state index contributed by atoms with van der Waals surface area (Å²) < 4.78 is 11.1. The monoisotopic (exact) mass is 341 g/mol. The van der Waals surface area contributed by atoms with E-state index in [1.165, 1.54) is 6.42 Å². The molecule has 1 amide bonds. The Morgan fingerprint density at radius 3 is 2.80 bits per heavy atom. The fourth-order valence-corrected chi connectivity index (χ4v) is 3.44. The first kappa shape index (κ1) is 16.1. The molecule has 0 radical (unpaired) electrons. The van der Waals surface area contributed by atoms with Crippen LogP contribution in [0.25, 0.3) is 0 Å².